The molecule has 25 nitrogen and oxygen atoms in total. The lowest BCUT2D eigenvalue weighted by Crippen LogP contribution is -2.40. The Balaban J connectivity index is 1.05. The fourth-order valence-corrected chi connectivity index (χ4v) is 15.6. The Kier molecular flexibility index (Phi) is 20.2. The molecule has 89 heavy (non-hydrogen) atoms. The smallest absolute Gasteiger partial charge is 0.306 e. The zero-order valence-electron chi connectivity index (χ0n) is 48.3. The van der Waals surface area contributed by atoms with E-state index in [0.717, 1.165) is 45.3 Å². The van der Waals surface area contributed by atoms with E-state index >= 15 is 0 Å². The van der Waals surface area contributed by atoms with Crippen LogP contribution in [-0.2, 0) is 35.3 Å². The van der Waals surface area contributed by atoms with Crippen molar-refractivity contribution in [1.82, 2.24) is 61.5 Å². The quantitative estimate of drug-likeness (QED) is 0.0481. The Bertz CT molecular complexity index is 3970. The van der Waals surface area contributed by atoms with E-state index in [1.807, 2.05) is 13.8 Å². The highest BCUT2D eigenvalue weighted by atomic mass is 32.1. The minimum Gasteiger partial charge on any atom is -0.481 e. The molecule has 10 bridgehead atoms. The molecule has 31 heteroatoms. The largest absolute Gasteiger partial charge is 0.481 e. The third kappa shape index (κ3) is 14.6. The first-order valence-corrected chi connectivity index (χ1v) is 33.1. The number of amides is 6. The monoisotopic (exact) mass is 1320 g/mol. The average Bonchev–Trinajstić information content (AvgIpc) is 1.83. The van der Waals surface area contributed by atoms with Crippen LogP contribution in [-0.4, -0.2) is 125 Å². The van der Waals surface area contributed by atoms with Gasteiger partial charge in [-0.2, -0.15) is 0 Å². The topological polar surface area (TPSA) is 360 Å². The van der Waals surface area contributed by atoms with E-state index in [9.17, 15) is 53.7 Å². The number of thiazole rings is 6. The molecule has 1 aliphatic heterocycles. The number of hydrogen-bond acceptors (Lipinski definition) is 23. The number of nitrogens with one attached hydrogen (secondary N) is 5. The number of hydrogen-bond donors (Lipinski definition) is 8. The number of aromatic nitrogens is 7. The number of methoxy groups -OCH3 is 1. The second kappa shape index (κ2) is 28.1. The minimum atomic E-state index is -1.31. The van der Waals surface area contributed by atoms with Crippen molar-refractivity contribution in [2.45, 2.75) is 90.1 Å². The van der Waals surface area contributed by atoms with Gasteiger partial charge in [0.1, 0.15) is 82.2 Å². The number of pyridine rings is 1. The van der Waals surface area contributed by atoms with E-state index in [1.165, 1.54) is 41.7 Å². The van der Waals surface area contributed by atoms with Crippen LogP contribution < -0.4 is 31.5 Å². The first-order valence-electron chi connectivity index (χ1n) is 28.0. The number of carboxylic acids is 2. The van der Waals surface area contributed by atoms with Crippen LogP contribution in [0.4, 0.5) is 5.82 Å². The molecular formula is C58H59N13O12S6. The van der Waals surface area contributed by atoms with Gasteiger partial charge in [0, 0.05) is 65.0 Å². The summed E-state index contributed by atoms with van der Waals surface area (Å²) in [5, 5.41) is 54.0. The molecule has 1 aromatic carbocycles. The van der Waals surface area contributed by atoms with Crippen molar-refractivity contribution in [3.8, 4) is 43.4 Å². The van der Waals surface area contributed by atoms with Crippen LogP contribution in [0.1, 0.15) is 138 Å². The fourth-order valence-electron chi connectivity index (χ4n) is 10.1. The van der Waals surface area contributed by atoms with Gasteiger partial charge in [-0.1, -0.05) is 44.2 Å². The van der Waals surface area contributed by atoms with Crippen LogP contribution in [0.25, 0.3) is 43.4 Å². The highest BCUT2D eigenvalue weighted by Crippen LogP contribution is 2.41. The number of aliphatic carboxylic acids is 2. The van der Waals surface area contributed by atoms with Crippen molar-refractivity contribution in [1.29, 1.82) is 0 Å². The fraction of sp³-hybridized carbons (Fsp3) is 0.362. The highest BCUT2D eigenvalue weighted by molar-refractivity contribution is 7.15. The van der Waals surface area contributed by atoms with Gasteiger partial charge in [0.05, 0.1) is 48.1 Å². The van der Waals surface area contributed by atoms with E-state index < -0.39 is 84.1 Å². The number of carbonyl (C=O) groups excluding carboxylic acids is 6. The van der Waals surface area contributed by atoms with Crippen LogP contribution in [0.15, 0.2) is 64.0 Å². The number of carboxylic acid groups (broad SMARTS) is 2. The number of nitrogens with zero attached hydrogens (tertiary/aromatic N) is 8. The van der Waals surface area contributed by atoms with E-state index in [0.29, 0.717) is 81.5 Å². The molecular weight excluding hydrogens is 1260 g/mol. The maximum Gasteiger partial charge on any atom is 0.306 e. The molecule has 8 heterocycles. The van der Waals surface area contributed by atoms with Gasteiger partial charge in [-0.25, -0.2) is 34.9 Å². The molecule has 464 valence electrons. The lowest BCUT2D eigenvalue weighted by Gasteiger charge is -2.23. The molecule has 8 N–H and O–H groups in total. The number of carbonyl (C=O) groups is 8. The molecule has 7 aromatic heterocycles. The number of benzene rings is 1. The number of aliphatic hydroxyl groups is 1. The molecule has 1 fully saturated rings. The Labute approximate surface area is 532 Å². The molecule has 0 saturated heterocycles. The maximum atomic E-state index is 14.4. The lowest BCUT2D eigenvalue weighted by molar-refractivity contribution is -0.141. The molecule has 6 amide bonds. The second-order valence-electron chi connectivity index (χ2n) is 21.2. The van der Waals surface area contributed by atoms with Gasteiger partial charge in [-0.3, -0.25) is 43.3 Å². The van der Waals surface area contributed by atoms with Gasteiger partial charge in [-0.05, 0) is 56.2 Å². The number of rotatable bonds is 15. The van der Waals surface area contributed by atoms with Crippen molar-refractivity contribution >= 4 is 121 Å². The standard InChI is InChI=1S/C58H59N13O12S6/c1-26(2)42-56-70-45(37(89-56)21-83-5)49(78)60-20-40(73)67-46(47(76)28-10-7-6-8-11-28)55-65-36(24-86-55)53-63-34(22-85-53)44-31(51-64-35(23-84-51)48(77)62-33(19-39(72)59-4)54-69-43(27(3)88-54)50(79)68-42)15-16-32(61-44)52-66-38(25-87-52)71(17-9-12-41(74)75)57(80)29-13-14-30(18-29)58(81)82/h6-8,10-11,15-16,22-26,29-30,33,42,46-47,76H,9,12-14,17-21H2,1-5H3,(H,59,72)(H,60,78)(H,62,77)(H,67,73)(H,68,79)(H,74,75)(H,81,82)/t29-,30-,33+,42?,46+,47+/m1/s1. The SMILES string of the molecule is CNC(=O)C[C@@H]1NC(=O)c2csc(n2)-c2ccc(-c3nc(N(CCCC(=O)O)C(=O)[C@@H]4CC[C@@H](C(=O)O)C4)cs3)nc2-c2csc(n2)-c2csc(n2)[C@H]([C@@H](O)c2ccccc2)NC(=O)CNC(=O)c2nc(sc2COC)C(C(C)C)NC(=O)c2nc1sc2C. The second-order valence-corrected chi connectivity index (χ2v) is 27.0. The first kappa shape index (κ1) is 63.8. The van der Waals surface area contributed by atoms with Crippen molar-refractivity contribution in [2.24, 2.45) is 17.8 Å². The van der Waals surface area contributed by atoms with Crippen molar-refractivity contribution < 1.29 is 58.4 Å². The van der Waals surface area contributed by atoms with Crippen LogP contribution in [0, 0.1) is 24.7 Å². The lowest BCUT2D eigenvalue weighted by atomic mass is 10.0. The Hall–Kier alpha value is -8.17. The van der Waals surface area contributed by atoms with Crippen LogP contribution in [0.5, 0.6) is 0 Å². The molecule has 1 aliphatic carbocycles. The maximum absolute atomic E-state index is 14.4. The van der Waals surface area contributed by atoms with Gasteiger partial charge in [0.15, 0.2) is 0 Å². The summed E-state index contributed by atoms with van der Waals surface area (Å²) in [5.74, 6) is -6.66. The predicted molar refractivity (Wildman–Crippen MR) is 335 cm³/mol. The van der Waals surface area contributed by atoms with Crippen molar-refractivity contribution in [2.75, 3.05) is 32.1 Å². The van der Waals surface area contributed by atoms with E-state index in [1.54, 1.807) is 70.9 Å². The van der Waals surface area contributed by atoms with Gasteiger partial charge >= 0.3 is 11.9 Å². The van der Waals surface area contributed by atoms with E-state index in [2.05, 4.69) is 31.6 Å². The van der Waals surface area contributed by atoms with Gasteiger partial charge in [0.25, 0.3) is 17.7 Å². The molecule has 6 atom stereocenters. The summed E-state index contributed by atoms with van der Waals surface area (Å²) in [5.41, 5.74) is 2.35. The molecule has 1 saturated carbocycles. The van der Waals surface area contributed by atoms with Gasteiger partial charge in [-0.15, -0.1) is 68.0 Å². The van der Waals surface area contributed by atoms with E-state index in [-0.39, 0.29) is 78.6 Å². The summed E-state index contributed by atoms with van der Waals surface area (Å²) in [7, 11) is 2.92. The number of aryl methyl sites for hydroxylation is 1. The first-order chi connectivity index (χ1) is 42.8. The number of ether oxygens (including phenoxy) is 1. The summed E-state index contributed by atoms with van der Waals surface area (Å²) >= 11 is 7.00. The van der Waals surface area contributed by atoms with Crippen LogP contribution in [0.3, 0.4) is 0 Å². The minimum absolute atomic E-state index is 0.0104. The summed E-state index contributed by atoms with van der Waals surface area (Å²) in [4.78, 5) is 144. The van der Waals surface area contributed by atoms with Crippen molar-refractivity contribution in [3.05, 3.63) is 111 Å². The molecule has 8 aromatic rings. The molecule has 1 unspecified atom stereocenters. The van der Waals surface area contributed by atoms with Gasteiger partial charge in [0.2, 0.25) is 17.7 Å². The third-order valence-corrected chi connectivity index (χ3v) is 20.4. The predicted octanol–water partition coefficient (Wildman–Crippen LogP) is 8.01. The Morgan fingerprint density at radius 1 is 0.708 bits per heavy atom. The zero-order valence-corrected chi connectivity index (χ0v) is 53.2. The molecule has 2 aliphatic rings. The third-order valence-electron chi connectivity index (χ3n) is 14.7. The van der Waals surface area contributed by atoms with Crippen LogP contribution in [0.2, 0.25) is 0 Å². The van der Waals surface area contributed by atoms with E-state index in [4.69, 9.17) is 34.6 Å². The van der Waals surface area contributed by atoms with Gasteiger partial charge < -0.3 is 46.6 Å². The molecule has 0 spiro atoms. The Morgan fingerprint density at radius 2 is 1.42 bits per heavy atom. The highest BCUT2D eigenvalue weighted by Gasteiger charge is 2.38. The zero-order chi connectivity index (χ0) is 63.2. The van der Waals surface area contributed by atoms with Crippen molar-refractivity contribution in [3.63, 3.8) is 0 Å². The number of aliphatic hydroxyl groups excluding tert-OH is 1. The summed E-state index contributed by atoms with van der Waals surface area (Å²) in [6.45, 7) is 4.91. The number of fused-ring (bicyclic) bond motifs is 14. The average molecular weight is 1320 g/mol. The van der Waals surface area contributed by atoms with Crippen LogP contribution >= 0.6 is 68.0 Å². The molecule has 0 radical (unpaired) electrons. The molecule has 10 rings (SSSR count). The number of anilines is 1. The normalized spacial score (nSPS) is 18.5. The summed E-state index contributed by atoms with van der Waals surface area (Å²) in [6.07, 6.45) is -0.813. The Morgan fingerprint density at radius 3 is 2.15 bits per heavy atom. The summed E-state index contributed by atoms with van der Waals surface area (Å²) in [6, 6.07) is 9.26. The summed E-state index contributed by atoms with van der Waals surface area (Å²) < 4.78 is 5.45.